The Kier molecular flexibility index (Phi) is 14.9. The molecular weight excluding hydrogens is 341 g/mol. The molecule has 0 bridgehead atoms. The molecule has 0 spiro atoms. The van der Waals surface area contributed by atoms with Crippen LogP contribution in [0.3, 0.4) is 0 Å². The van der Waals surface area contributed by atoms with Crippen LogP contribution in [0.1, 0.15) is 27.7 Å². The van der Waals surface area contributed by atoms with Crippen LogP contribution in [0, 0.1) is 0 Å². The van der Waals surface area contributed by atoms with E-state index in [-0.39, 0.29) is 12.7 Å². The van der Waals surface area contributed by atoms with Crippen molar-refractivity contribution >= 4 is 18.5 Å². The Morgan fingerprint density at radius 2 is 1.35 bits per heavy atom. The predicted molar refractivity (Wildman–Crippen MR) is 92.1 cm³/mol. The van der Waals surface area contributed by atoms with Crippen molar-refractivity contribution in [1.29, 1.82) is 0 Å². The second-order valence-electron chi connectivity index (χ2n) is 5.38. The van der Waals surface area contributed by atoms with Crippen molar-refractivity contribution in [3.8, 4) is 0 Å². The van der Waals surface area contributed by atoms with Gasteiger partial charge in [-0.15, -0.1) is 0 Å². The summed E-state index contributed by atoms with van der Waals surface area (Å²) in [7, 11) is 0. The normalized spacial score (nSPS) is 14.6. The summed E-state index contributed by atoms with van der Waals surface area (Å²) >= 11 is 4.73. The van der Waals surface area contributed by atoms with Gasteiger partial charge in [0.25, 0.3) is 0 Å². The summed E-state index contributed by atoms with van der Waals surface area (Å²) in [6.07, 6.45) is -0.226. The van der Waals surface area contributed by atoms with E-state index in [1.807, 2.05) is 0 Å². The average Bonchev–Trinajstić information content (AvgIpc) is 2.42. The Balaban J connectivity index is 3.23. The molecule has 0 amide bonds. The summed E-state index contributed by atoms with van der Waals surface area (Å²) < 4.78 is 26.0. The molecule has 1 atom stereocenters. The maximum absolute atomic E-state index is 11.6. The molecule has 0 radical (unpaired) electrons. The molecule has 140 valence electrons. The summed E-state index contributed by atoms with van der Waals surface area (Å²) in [6.45, 7) is 8.27. The van der Waals surface area contributed by atoms with Gasteiger partial charge < -0.3 is 33.5 Å². The molecule has 0 rings (SSSR count). The molecule has 0 aliphatic rings. The Morgan fingerprint density at radius 3 is 1.83 bits per heavy atom. The standard InChI is InChI=1S/C14H32NO6PS/c1-13(2)15-5-6-17-7-8-18-9-10-19-11-12-20-22(16,23)21-14(3)4/h13-15H,5-12H2,1-4H3,(H,16,23)/p-1. The van der Waals surface area contributed by atoms with Crippen LogP contribution in [0.4, 0.5) is 0 Å². The number of nitrogens with one attached hydrogen (secondary N) is 1. The second kappa shape index (κ2) is 14.7. The first-order chi connectivity index (χ1) is 10.8. The van der Waals surface area contributed by atoms with Crippen LogP contribution in [0.5, 0.6) is 0 Å². The third kappa shape index (κ3) is 18.5. The Labute approximate surface area is 145 Å². The lowest BCUT2D eigenvalue weighted by Gasteiger charge is -2.29. The van der Waals surface area contributed by atoms with E-state index in [1.54, 1.807) is 13.8 Å². The van der Waals surface area contributed by atoms with Crippen LogP contribution in [-0.2, 0) is 35.1 Å². The SMILES string of the molecule is CC(C)NCCOCCOCCOCCOP([O-])(=S)OC(C)C. The molecule has 1 N–H and O–H groups in total. The van der Waals surface area contributed by atoms with Crippen molar-refractivity contribution in [2.75, 3.05) is 52.8 Å². The summed E-state index contributed by atoms with van der Waals surface area (Å²) in [5.41, 5.74) is 0. The molecular formula is C14H31NO6PS-. The minimum atomic E-state index is -3.38. The van der Waals surface area contributed by atoms with Gasteiger partial charge in [0.05, 0.1) is 52.4 Å². The van der Waals surface area contributed by atoms with E-state index in [2.05, 4.69) is 19.2 Å². The topological polar surface area (TPSA) is 81.2 Å². The first kappa shape index (κ1) is 23.4. The van der Waals surface area contributed by atoms with Gasteiger partial charge in [0, 0.05) is 12.6 Å². The molecule has 0 heterocycles. The molecule has 0 aliphatic heterocycles. The van der Waals surface area contributed by atoms with Crippen molar-refractivity contribution in [2.45, 2.75) is 39.8 Å². The maximum Gasteiger partial charge on any atom is 0.115 e. The van der Waals surface area contributed by atoms with Gasteiger partial charge in [-0.25, -0.2) is 0 Å². The first-order valence-electron chi connectivity index (χ1n) is 7.94. The second-order valence-corrected chi connectivity index (χ2v) is 8.09. The van der Waals surface area contributed by atoms with Crippen LogP contribution in [-0.4, -0.2) is 64.9 Å². The van der Waals surface area contributed by atoms with Crippen LogP contribution >= 0.6 is 6.72 Å². The molecule has 7 nitrogen and oxygen atoms in total. The zero-order valence-electron chi connectivity index (χ0n) is 14.6. The van der Waals surface area contributed by atoms with E-state index in [0.717, 1.165) is 6.54 Å². The summed E-state index contributed by atoms with van der Waals surface area (Å²) in [4.78, 5) is 11.6. The quantitative estimate of drug-likeness (QED) is 0.318. The number of hydrogen-bond acceptors (Lipinski definition) is 8. The van der Waals surface area contributed by atoms with E-state index >= 15 is 0 Å². The summed E-state index contributed by atoms with van der Waals surface area (Å²) in [5, 5.41) is 3.26. The van der Waals surface area contributed by atoms with Crippen LogP contribution in [0.2, 0.25) is 0 Å². The molecule has 0 aromatic heterocycles. The fourth-order valence-corrected chi connectivity index (χ4v) is 3.07. The molecule has 23 heavy (non-hydrogen) atoms. The molecule has 0 fully saturated rings. The van der Waals surface area contributed by atoms with Gasteiger partial charge in [0.1, 0.15) is 6.72 Å². The Bertz CT molecular complexity index is 320. The molecule has 0 aliphatic carbocycles. The number of hydrogen-bond donors (Lipinski definition) is 1. The van der Waals surface area contributed by atoms with Crippen LogP contribution in [0.15, 0.2) is 0 Å². The molecule has 0 saturated heterocycles. The van der Waals surface area contributed by atoms with Crippen molar-refractivity contribution in [2.24, 2.45) is 0 Å². The van der Waals surface area contributed by atoms with Crippen molar-refractivity contribution in [1.82, 2.24) is 5.32 Å². The van der Waals surface area contributed by atoms with Gasteiger partial charge in [-0.05, 0) is 13.8 Å². The van der Waals surface area contributed by atoms with Crippen LogP contribution < -0.4 is 10.2 Å². The van der Waals surface area contributed by atoms with E-state index in [9.17, 15) is 4.89 Å². The number of rotatable bonds is 16. The van der Waals surface area contributed by atoms with Gasteiger partial charge in [0.15, 0.2) is 0 Å². The van der Waals surface area contributed by atoms with Crippen molar-refractivity contribution < 1.29 is 28.2 Å². The van der Waals surface area contributed by atoms with Crippen LogP contribution in [0.25, 0.3) is 0 Å². The van der Waals surface area contributed by atoms with E-state index in [1.165, 1.54) is 0 Å². The largest absolute Gasteiger partial charge is 0.780 e. The molecule has 0 saturated carbocycles. The highest BCUT2D eigenvalue weighted by molar-refractivity contribution is 8.06. The fraction of sp³-hybridized carbons (Fsp3) is 1.00. The van der Waals surface area contributed by atoms with E-state index in [0.29, 0.717) is 45.7 Å². The van der Waals surface area contributed by atoms with Crippen molar-refractivity contribution in [3.05, 3.63) is 0 Å². The smallest absolute Gasteiger partial charge is 0.115 e. The lowest BCUT2D eigenvalue weighted by molar-refractivity contribution is -0.210. The van der Waals surface area contributed by atoms with Gasteiger partial charge in [-0.3, -0.25) is 0 Å². The monoisotopic (exact) mass is 372 g/mol. The fourth-order valence-electron chi connectivity index (χ4n) is 1.46. The Hall–Kier alpha value is 0.370. The van der Waals surface area contributed by atoms with Crippen molar-refractivity contribution in [3.63, 3.8) is 0 Å². The van der Waals surface area contributed by atoms with Gasteiger partial charge in [0.2, 0.25) is 0 Å². The molecule has 1 unspecified atom stereocenters. The summed E-state index contributed by atoms with van der Waals surface area (Å²) in [6, 6.07) is 0.475. The lowest BCUT2D eigenvalue weighted by atomic mass is 10.4. The molecule has 9 heteroatoms. The third-order valence-corrected chi connectivity index (χ3v) is 4.11. The van der Waals surface area contributed by atoms with E-state index < -0.39 is 6.72 Å². The highest BCUT2D eigenvalue weighted by Gasteiger charge is 2.06. The lowest BCUT2D eigenvalue weighted by Crippen LogP contribution is -2.27. The molecule has 0 aromatic rings. The zero-order valence-corrected chi connectivity index (χ0v) is 16.3. The van der Waals surface area contributed by atoms with Gasteiger partial charge >= 0.3 is 0 Å². The minimum Gasteiger partial charge on any atom is -0.780 e. The minimum absolute atomic E-state index is 0.138. The third-order valence-electron chi connectivity index (χ3n) is 2.36. The average molecular weight is 372 g/mol. The van der Waals surface area contributed by atoms with E-state index in [4.69, 9.17) is 35.1 Å². The van der Waals surface area contributed by atoms with Gasteiger partial charge in [-0.1, -0.05) is 25.7 Å². The van der Waals surface area contributed by atoms with Gasteiger partial charge in [-0.2, -0.15) is 0 Å². The summed E-state index contributed by atoms with van der Waals surface area (Å²) in [5.74, 6) is 0. The highest BCUT2D eigenvalue weighted by Crippen LogP contribution is 2.39. The Morgan fingerprint density at radius 1 is 0.870 bits per heavy atom. The molecule has 0 aromatic carbocycles. The zero-order chi connectivity index (χ0) is 17.6. The predicted octanol–water partition coefficient (Wildman–Crippen LogP) is 1.06. The first-order valence-corrected chi connectivity index (χ1v) is 10.5. The maximum atomic E-state index is 11.6. The highest BCUT2D eigenvalue weighted by atomic mass is 32.5. The number of ether oxygens (including phenoxy) is 3.